The largest absolute Gasteiger partial charge is 0.509 e. The predicted molar refractivity (Wildman–Crippen MR) is 82.7 cm³/mol. The standard InChI is InChI=1S/C16H18O8/c17-11(7-9-3-1-5-23-9)13(19)15(21)16(22)14(20)12(18)8-10-4-2-6-24-10/h1-8,13-22H/t13-,14+,15-,16-/m1/s1. The van der Waals surface area contributed by atoms with Crippen LogP contribution in [0.4, 0.5) is 0 Å². The molecule has 0 aliphatic rings. The van der Waals surface area contributed by atoms with Crippen LogP contribution in [0.1, 0.15) is 11.5 Å². The molecule has 0 saturated heterocycles. The summed E-state index contributed by atoms with van der Waals surface area (Å²) in [7, 11) is 0. The molecular formula is C16H18O8. The highest BCUT2D eigenvalue weighted by Crippen LogP contribution is 2.18. The van der Waals surface area contributed by atoms with E-state index in [9.17, 15) is 30.6 Å². The molecule has 24 heavy (non-hydrogen) atoms. The quantitative estimate of drug-likeness (QED) is 0.406. The Morgan fingerprint density at radius 3 is 1.42 bits per heavy atom. The maximum Gasteiger partial charge on any atom is 0.139 e. The molecule has 0 bridgehead atoms. The van der Waals surface area contributed by atoms with Gasteiger partial charge < -0.3 is 39.5 Å². The SMILES string of the molecule is OC(=Cc1ccco1)[C@@H](O)[C@@H](O)[C@H](O)[C@@H](O)C(O)=Cc1ccco1. The van der Waals surface area contributed by atoms with Crippen molar-refractivity contribution in [1.82, 2.24) is 0 Å². The Hall–Kier alpha value is -2.52. The molecule has 130 valence electrons. The van der Waals surface area contributed by atoms with Gasteiger partial charge in [-0.3, -0.25) is 0 Å². The Morgan fingerprint density at radius 2 is 1.12 bits per heavy atom. The first-order valence-electron chi connectivity index (χ1n) is 7.00. The predicted octanol–water partition coefficient (Wildman–Crippen LogP) is 0.814. The maximum atomic E-state index is 9.88. The monoisotopic (exact) mass is 338 g/mol. The van der Waals surface area contributed by atoms with E-state index in [1.807, 2.05) is 0 Å². The summed E-state index contributed by atoms with van der Waals surface area (Å²) in [4.78, 5) is 0. The van der Waals surface area contributed by atoms with Gasteiger partial charge in [-0.1, -0.05) is 0 Å². The molecule has 2 aromatic heterocycles. The topological polar surface area (TPSA) is 148 Å². The van der Waals surface area contributed by atoms with E-state index in [0.29, 0.717) is 0 Å². The van der Waals surface area contributed by atoms with Gasteiger partial charge in [-0.05, 0) is 24.3 Å². The van der Waals surface area contributed by atoms with E-state index in [4.69, 9.17) is 8.83 Å². The molecule has 0 aromatic carbocycles. The number of aliphatic hydroxyl groups is 6. The fourth-order valence-corrected chi connectivity index (χ4v) is 1.93. The van der Waals surface area contributed by atoms with Gasteiger partial charge in [0.25, 0.3) is 0 Å². The molecule has 4 atom stereocenters. The molecule has 6 N–H and O–H groups in total. The highest BCUT2D eigenvalue weighted by molar-refractivity contribution is 5.47. The van der Waals surface area contributed by atoms with E-state index in [2.05, 4.69) is 0 Å². The first-order chi connectivity index (χ1) is 11.4. The second-order valence-corrected chi connectivity index (χ2v) is 5.04. The Morgan fingerprint density at radius 1 is 0.750 bits per heavy atom. The summed E-state index contributed by atoms with van der Waals surface area (Å²) in [5, 5.41) is 58.9. The third-order valence-corrected chi connectivity index (χ3v) is 3.27. The smallest absolute Gasteiger partial charge is 0.139 e. The molecule has 0 radical (unpaired) electrons. The molecule has 2 rings (SSSR count). The van der Waals surface area contributed by atoms with Gasteiger partial charge in [-0.25, -0.2) is 0 Å². The van der Waals surface area contributed by atoms with Crippen molar-refractivity contribution < 1.29 is 39.5 Å². The molecule has 8 heteroatoms. The number of furan rings is 2. The molecule has 8 nitrogen and oxygen atoms in total. The van der Waals surface area contributed by atoms with E-state index in [-0.39, 0.29) is 11.5 Å². The summed E-state index contributed by atoms with van der Waals surface area (Å²) >= 11 is 0. The van der Waals surface area contributed by atoms with Gasteiger partial charge >= 0.3 is 0 Å². The highest BCUT2D eigenvalue weighted by Gasteiger charge is 2.34. The van der Waals surface area contributed by atoms with Crippen LogP contribution in [0.15, 0.2) is 57.1 Å². The molecule has 0 aliphatic carbocycles. The Bertz CT molecular complexity index is 611. The van der Waals surface area contributed by atoms with Gasteiger partial charge in [-0.15, -0.1) is 0 Å². The zero-order chi connectivity index (χ0) is 17.7. The van der Waals surface area contributed by atoms with Gasteiger partial charge in [0.1, 0.15) is 47.5 Å². The van der Waals surface area contributed by atoms with Crippen LogP contribution in [-0.4, -0.2) is 55.1 Å². The zero-order valence-electron chi connectivity index (χ0n) is 12.4. The summed E-state index contributed by atoms with van der Waals surface area (Å²) in [5.74, 6) is -0.930. The van der Waals surface area contributed by atoms with Crippen molar-refractivity contribution in [3.8, 4) is 0 Å². The fourth-order valence-electron chi connectivity index (χ4n) is 1.93. The summed E-state index contributed by atoms with van der Waals surface area (Å²) in [6.07, 6.45) is -2.98. The number of hydrogen-bond donors (Lipinski definition) is 6. The minimum absolute atomic E-state index is 0.217. The number of hydrogen-bond acceptors (Lipinski definition) is 8. The normalized spacial score (nSPS) is 18.2. The lowest BCUT2D eigenvalue weighted by molar-refractivity contribution is -0.0996. The van der Waals surface area contributed by atoms with Crippen molar-refractivity contribution in [2.75, 3.05) is 0 Å². The minimum atomic E-state index is -1.97. The second-order valence-electron chi connectivity index (χ2n) is 5.04. The summed E-state index contributed by atoms with van der Waals surface area (Å²) < 4.78 is 9.88. The maximum absolute atomic E-state index is 9.88. The average molecular weight is 338 g/mol. The highest BCUT2D eigenvalue weighted by atomic mass is 16.4. The number of rotatable bonds is 7. The third kappa shape index (κ3) is 4.27. The Kier molecular flexibility index (Phi) is 5.83. The molecule has 2 heterocycles. The van der Waals surface area contributed by atoms with Crippen LogP contribution in [0.2, 0.25) is 0 Å². The molecule has 2 aromatic rings. The third-order valence-electron chi connectivity index (χ3n) is 3.27. The fraction of sp³-hybridized carbons (Fsp3) is 0.250. The van der Waals surface area contributed by atoms with E-state index < -0.39 is 35.9 Å². The van der Waals surface area contributed by atoms with Crippen LogP contribution in [0.25, 0.3) is 12.2 Å². The molecule has 0 aliphatic heterocycles. The molecule has 0 spiro atoms. The average Bonchev–Trinajstić information content (AvgIpc) is 3.25. The van der Waals surface area contributed by atoms with Crippen LogP contribution in [0.5, 0.6) is 0 Å². The zero-order valence-corrected chi connectivity index (χ0v) is 12.4. The molecule has 0 unspecified atom stereocenters. The van der Waals surface area contributed by atoms with E-state index >= 15 is 0 Å². The van der Waals surface area contributed by atoms with E-state index in [1.165, 1.54) is 24.7 Å². The van der Waals surface area contributed by atoms with Crippen molar-refractivity contribution >= 4 is 12.2 Å². The van der Waals surface area contributed by atoms with Crippen LogP contribution in [-0.2, 0) is 0 Å². The van der Waals surface area contributed by atoms with Crippen LogP contribution < -0.4 is 0 Å². The second kappa shape index (κ2) is 7.84. The van der Waals surface area contributed by atoms with Crippen LogP contribution >= 0.6 is 0 Å². The summed E-state index contributed by atoms with van der Waals surface area (Å²) in [6, 6.07) is 6.10. The first-order valence-corrected chi connectivity index (χ1v) is 7.00. The minimum Gasteiger partial charge on any atom is -0.509 e. The van der Waals surface area contributed by atoms with Crippen LogP contribution in [0.3, 0.4) is 0 Å². The van der Waals surface area contributed by atoms with Gasteiger partial charge in [0.05, 0.1) is 12.5 Å². The van der Waals surface area contributed by atoms with Crippen molar-refractivity contribution in [2.24, 2.45) is 0 Å². The van der Waals surface area contributed by atoms with Gasteiger partial charge in [-0.2, -0.15) is 0 Å². The Balaban J connectivity index is 2.05. The van der Waals surface area contributed by atoms with Crippen molar-refractivity contribution in [3.63, 3.8) is 0 Å². The van der Waals surface area contributed by atoms with Crippen molar-refractivity contribution in [1.29, 1.82) is 0 Å². The number of aliphatic hydroxyl groups excluding tert-OH is 6. The lowest BCUT2D eigenvalue weighted by atomic mass is 10.00. The van der Waals surface area contributed by atoms with Crippen molar-refractivity contribution in [2.45, 2.75) is 24.4 Å². The van der Waals surface area contributed by atoms with Gasteiger partial charge in [0.15, 0.2) is 0 Å². The molecule has 0 amide bonds. The van der Waals surface area contributed by atoms with Crippen LogP contribution in [0, 0.1) is 0 Å². The molecular weight excluding hydrogens is 320 g/mol. The van der Waals surface area contributed by atoms with E-state index in [0.717, 1.165) is 12.2 Å². The Labute approximate surface area is 136 Å². The van der Waals surface area contributed by atoms with Gasteiger partial charge in [0, 0.05) is 12.2 Å². The summed E-state index contributed by atoms with van der Waals surface area (Å²) in [6.45, 7) is 0. The van der Waals surface area contributed by atoms with Gasteiger partial charge in [0.2, 0.25) is 0 Å². The summed E-state index contributed by atoms with van der Waals surface area (Å²) in [5.41, 5.74) is 0. The van der Waals surface area contributed by atoms with Crippen molar-refractivity contribution in [3.05, 3.63) is 59.8 Å². The van der Waals surface area contributed by atoms with E-state index in [1.54, 1.807) is 12.1 Å². The first kappa shape index (κ1) is 17.8. The lowest BCUT2D eigenvalue weighted by Crippen LogP contribution is -2.45. The molecule has 0 fully saturated rings. The molecule has 0 saturated carbocycles. The lowest BCUT2D eigenvalue weighted by Gasteiger charge is -2.25.